The monoisotopic (exact) mass is 493 g/mol. The largest absolute Gasteiger partial charge is 0.461 e. The summed E-state index contributed by atoms with van der Waals surface area (Å²) in [5.74, 6) is -1.01. The number of fused-ring (bicyclic) bond motifs is 1. The minimum Gasteiger partial charge on any atom is -0.461 e. The lowest BCUT2D eigenvalue weighted by Gasteiger charge is -2.24. The molecule has 3 amide bonds. The van der Waals surface area contributed by atoms with Gasteiger partial charge in [-0.2, -0.15) is 0 Å². The van der Waals surface area contributed by atoms with Crippen molar-refractivity contribution in [3.63, 3.8) is 0 Å². The highest BCUT2D eigenvalue weighted by Crippen LogP contribution is 2.27. The molecule has 0 spiro atoms. The number of carbonyl (C=O) groups is 3. The number of aryl methyl sites for hydroxylation is 1. The quantitative estimate of drug-likeness (QED) is 0.367. The molecule has 9 nitrogen and oxygen atoms in total. The van der Waals surface area contributed by atoms with Gasteiger partial charge in [0.2, 0.25) is 5.91 Å². The van der Waals surface area contributed by atoms with Crippen LogP contribution in [0.1, 0.15) is 48.0 Å². The Kier molecular flexibility index (Phi) is 7.03. The zero-order valence-electron chi connectivity index (χ0n) is 20.8. The van der Waals surface area contributed by atoms with Crippen molar-refractivity contribution in [3.05, 3.63) is 71.0 Å². The predicted octanol–water partition coefficient (Wildman–Crippen LogP) is 3.80. The molecule has 1 aromatic heterocycles. The number of benzene rings is 2. The molecule has 0 aliphatic carbocycles. The van der Waals surface area contributed by atoms with Gasteiger partial charge in [0.05, 0.1) is 12.0 Å². The SMILES string of the molecule is Cc1oc2ccccc2c1Cc1ccc(C(=O)N[C@@H]2CN(C(=O)OC(C)(C)C)C[C@@H]2C(=O)NO)cc1. The van der Waals surface area contributed by atoms with Gasteiger partial charge in [0.25, 0.3) is 5.91 Å². The van der Waals surface area contributed by atoms with Gasteiger partial charge in [-0.3, -0.25) is 14.8 Å². The molecule has 1 aliphatic heterocycles. The number of furan rings is 1. The number of ether oxygens (including phenoxy) is 1. The van der Waals surface area contributed by atoms with Gasteiger partial charge in [-0.15, -0.1) is 0 Å². The summed E-state index contributed by atoms with van der Waals surface area (Å²) in [5.41, 5.74) is 4.33. The normalized spacial score (nSPS) is 17.8. The third kappa shape index (κ3) is 5.52. The first-order valence-electron chi connectivity index (χ1n) is 11.8. The minimum atomic E-state index is -0.817. The number of nitrogens with one attached hydrogen (secondary N) is 2. The molecule has 1 fully saturated rings. The molecule has 2 aromatic carbocycles. The van der Waals surface area contributed by atoms with Crippen molar-refractivity contribution in [3.8, 4) is 0 Å². The fourth-order valence-electron chi connectivity index (χ4n) is 4.44. The van der Waals surface area contributed by atoms with E-state index in [0.29, 0.717) is 12.0 Å². The van der Waals surface area contributed by atoms with Crippen LogP contribution < -0.4 is 10.8 Å². The fraction of sp³-hybridized carbons (Fsp3) is 0.370. The number of likely N-dealkylation sites (tertiary alicyclic amines) is 1. The molecular weight excluding hydrogens is 462 g/mol. The lowest BCUT2D eigenvalue weighted by molar-refractivity contribution is -0.133. The maximum atomic E-state index is 13.0. The van der Waals surface area contributed by atoms with Crippen molar-refractivity contribution >= 4 is 28.9 Å². The lowest BCUT2D eigenvalue weighted by Crippen LogP contribution is -2.45. The number of rotatable bonds is 5. The second kappa shape index (κ2) is 10.0. The Labute approximate surface area is 209 Å². The third-order valence-electron chi connectivity index (χ3n) is 6.23. The number of carbonyl (C=O) groups excluding carboxylic acids is 3. The van der Waals surface area contributed by atoms with Crippen LogP contribution >= 0.6 is 0 Å². The van der Waals surface area contributed by atoms with Gasteiger partial charge in [-0.1, -0.05) is 30.3 Å². The number of hydrogen-bond donors (Lipinski definition) is 3. The van der Waals surface area contributed by atoms with E-state index in [2.05, 4.69) is 5.32 Å². The summed E-state index contributed by atoms with van der Waals surface area (Å²) in [4.78, 5) is 39.0. The summed E-state index contributed by atoms with van der Waals surface area (Å²) in [5, 5.41) is 13.0. The van der Waals surface area contributed by atoms with Crippen LogP contribution in [0.15, 0.2) is 52.9 Å². The molecule has 0 bridgehead atoms. The Morgan fingerprint density at radius 1 is 1.08 bits per heavy atom. The van der Waals surface area contributed by atoms with E-state index in [1.165, 1.54) is 4.90 Å². The molecule has 2 atom stereocenters. The van der Waals surface area contributed by atoms with Gasteiger partial charge in [-0.05, 0) is 51.5 Å². The molecule has 0 unspecified atom stereocenters. The Morgan fingerprint density at radius 3 is 2.44 bits per heavy atom. The first-order chi connectivity index (χ1) is 17.1. The van der Waals surface area contributed by atoms with E-state index in [4.69, 9.17) is 14.4 Å². The van der Waals surface area contributed by atoms with Crippen molar-refractivity contribution in [2.24, 2.45) is 5.92 Å². The van der Waals surface area contributed by atoms with E-state index in [-0.39, 0.29) is 19.0 Å². The van der Waals surface area contributed by atoms with E-state index in [9.17, 15) is 14.4 Å². The van der Waals surface area contributed by atoms with Crippen molar-refractivity contribution in [2.75, 3.05) is 13.1 Å². The molecule has 1 saturated heterocycles. The average Bonchev–Trinajstić information content (AvgIpc) is 3.39. The maximum absolute atomic E-state index is 13.0. The Bertz CT molecular complexity index is 1270. The second-order valence-corrected chi connectivity index (χ2v) is 10.1. The first kappa shape index (κ1) is 25.2. The van der Waals surface area contributed by atoms with Crippen LogP contribution in [0.5, 0.6) is 0 Å². The van der Waals surface area contributed by atoms with Crippen molar-refractivity contribution in [2.45, 2.75) is 45.8 Å². The zero-order valence-corrected chi connectivity index (χ0v) is 20.8. The lowest BCUT2D eigenvalue weighted by atomic mass is 10.00. The zero-order chi connectivity index (χ0) is 26.0. The molecule has 1 aliphatic rings. The van der Waals surface area contributed by atoms with Crippen molar-refractivity contribution in [1.29, 1.82) is 0 Å². The number of hydrogen-bond acceptors (Lipinski definition) is 6. The van der Waals surface area contributed by atoms with Gasteiger partial charge < -0.3 is 19.4 Å². The van der Waals surface area contributed by atoms with E-state index in [1.807, 2.05) is 43.3 Å². The number of nitrogens with zero attached hydrogens (tertiary/aromatic N) is 1. The van der Waals surface area contributed by atoms with Crippen LogP contribution in [0.25, 0.3) is 11.0 Å². The summed E-state index contributed by atoms with van der Waals surface area (Å²) in [7, 11) is 0. The summed E-state index contributed by atoms with van der Waals surface area (Å²) in [6.45, 7) is 7.29. The summed E-state index contributed by atoms with van der Waals surface area (Å²) < 4.78 is 11.2. The predicted molar refractivity (Wildman–Crippen MR) is 133 cm³/mol. The van der Waals surface area contributed by atoms with Gasteiger partial charge in [0.15, 0.2) is 0 Å². The van der Waals surface area contributed by atoms with Crippen LogP contribution in [-0.2, 0) is 16.0 Å². The molecule has 4 rings (SSSR count). The Balaban J connectivity index is 1.44. The molecule has 2 heterocycles. The van der Waals surface area contributed by atoms with E-state index in [1.54, 1.807) is 38.4 Å². The molecule has 0 radical (unpaired) electrons. The molecule has 3 N–H and O–H groups in total. The smallest absolute Gasteiger partial charge is 0.410 e. The van der Waals surface area contributed by atoms with Crippen molar-refractivity contribution < 1.29 is 28.7 Å². The van der Waals surface area contributed by atoms with Crippen LogP contribution in [0.3, 0.4) is 0 Å². The topological polar surface area (TPSA) is 121 Å². The summed E-state index contributed by atoms with van der Waals surface area (Å²) in [6.07, 6.45) is 0.0816. The Hall–Kier alpha value is -3.85. The molecule has 9 heteroatoms. The van der Waals surface area contributed by atoms with Crippen molar-refractivity contribution in [1.82, 2.24) is 15.7 Å². The summed E-state index contributed by atoms with van der Waals surface area (Å²) >= 11 is 0. The molecule has 0 saturated carbocycles. The van der Waals surface area contributed by atoms with E-state index in [0.717, 1.165) is 27.9 Å². The number of amides is 3. The number of para-hydroxylation sites is 1. The Morgan fingerprint density at radius 2 is 1.78 bits per heavy atom. The standard InChI is InChI=1S/C27H31N3O6/c1-16-20(19-7-5-6-8-23(19)35-16)13-17-9-11-18(12-10-17)24(31)28-22-15-30(14-21(22)25(32)29-34)26(33)36-27(2,3)4/h5-12,21-22,34H,13-15H2,1-4H3,(H,28,31)(H,29,32)/t21-,22+/m0/s1. The van der Waals surface area contributed by atoms with Gasteiger partial charge >= 0.3 is 6.09 Å². The van der Waals surface area contributed by atoms with Gasteiger partial charge in [0, 0.05) is 36.0 Å². The fourth-order valence-corrected chi connectivity index (χ4v) is 4.44. The minimum absolute atomic E-state index is 0.0171. The van der Waals surface area contributed by atoms with Crippen LogP contribution in [0.2, 0.25) is 0 Å². The number of hydroxylamine groups is 1. The van der Waals surface area contributed by atoms with Gasteiger partial charge in [0.1, 0.15) is 16.9 Å². The summed E-state index contributed by atoms with van der Waals surface area (Å²) in [6, 6.07) is 14.4. The molecule has 190 valence electrons. The molecule has 3 aromatic rings. The van der Waals surface area contributed by atoms with E-state index >= 15 is 0 Å². The molecular formula is C27H31N3O6. The average molecular weight is 494 g/mol. The van der Waals surface area contributed by atoms with E-state index < -0.39 is 29.6 Å². The van der Waals surface area contributed by atoms with Crippen LogP contribution in [0, 0.1) is 12.8 Å². The highest BCUT2D eigenvalue weighted by molar-refractivity contribution is 5.95. The van der Waals surface area contributed by atoms with Crippen LogP contribution in [0.4, 0.5) is 4.79 Å². The highest BCUT2D eigenvalue weighted by Gasteiger charge is 2.41. The van der Waals surface area contributed by atoms with Crippen LogP contribution in [-0.4, -0.2) is 52.7 Å². The third-order valence-corrected chi connectivity index (χ3v) is 6.23. The highest BCUT2D eigenvalue weighted by atomic mass is 16.6. The molecule has 36 heavy (non-hydrogen) atoms. The second-order valence-electron chi connectivity index (χ2n) is 10.1. The van der Waals surface area contributed by atoms with Gasteiger partial charge in [-0.25, -0.2) is 10.3 Å². The maximum Gasteiger partial charge on any atom is 0.410 e. The first-order valence-corrected chi connectivity index (χ1v) is 11.8.